The van der Waals surface area contributed by atoms with Crippen molar-refractivity contribution in [1.29, 1.82) is 0 Å². The second kappa shape index (κ2) is 10.1. The highest BCUT2D eigenvalue weighted by atomic mass is 79.9. The number of carbonyl (C=O) groups excluding carboxylic acids is 1. The number of ether oxygens (including phenoxy) is 1. The number of aromatic hydroxyl groups is 1. The fourth-order valence-electron chi connectivity index (χ4n) is 2.60. The van der Waals surface area contributed by atoms with Gasteiger partial charge in [0.1, 0.15) is 11.5 Å². The molecule has 2 aromatic carbocycles. The Bertz CT molecular complexity index is 823. The van der Waals surface area contributed by atoms with E-state index in [0.717, 1.165) is 16.7 Å². The lowest BCUT2D eigenvalue weighted by Gasteiger charge is -2.14. The standard InChI is InChI=1S/C20H21BrClF2NO3/c1-11(2)14-5-12(3-4-18(14)26)6-15-16(21)7-13(8-17(15)22)28-10-20(27)25-9-19(23)24/h3-5,7-8,11,19,26H,6,9-10H2,1-2H3,(H,25,27). The first-order valence-electron chi connectivity index (χ1n) is 8.64. The van der Waals surface area contributed by atoms with Crippen LogP contribution in [0.1, 0.15) is 36.5 Å². The molecular formula is C20H21BrClF2NO3. The number of hydrogen-bond donors (Lipinski definition) is 2. The van der Waals surface area contributed by atoms with Crippen LogP contribution in [0.15, 0.2) is 34.8 Å². The smallest absolute Gasteiger partial charge is 0.258 e. The van der Waals surface area contributed by atoms with E-state index in [1.165, 1.54) is 0 Å². The largest absolute Gasteiger partial charge is 0.508 e. The van der Waals surface area contributed by atoms with Gasteiger partial charge in [-0.15, -0.1) is 0 Å². The summed E-state index contributed by atoms with van der Waals surface area (Å²) in [5.41, 5.74) is 2.68. The van der Waals surface area contributed by atoms with E-state index in [2.05, 4.69) is 21.2 Å². The molecule has 0 aromatic heterocycles. The van der Waals surface area contributed by atoms with Gasteiger partial charge in [0.25, 0.3) is 12.3 Å². The Kier molecular flexibility index (Phi) is 8.07. The third-order valence-electron chi connectivity index (χ3n) is 4.03. The zero-order chi connectivity index (χ0) is 20.8. The molecule has 0 spiro atoms. The average Bonchev–Trinajstić information content (AvgIpc) is 2.62. The van der Waals surface area contributed by atoms with E-state index in [4.69, 9.17) is 16.3 Å². The highest BCUT2D eigenvalue weighted by Crippen LogP contribution is 2.34. The molecule has 4 nitrogen and oxygen atoms in total. The molecular weight excluding hydrogens is 456 g/mol. The summed E-state index contributed by atoms with van der Waals surface area (Å²) in [5.74, 6) is 0.159. The molecule has 0 atom stereocenters. The highest BCUT2D eigenvalue weighted by Gasteiger charge is 2.13. The van der Waals surface area contributed by atoms with E-state index in [1.807, 2.05) is 26.0 Å². The van der Waals surface area contributed by atoms with Crippen LogP contribution in [0.5, 0.6) is 11.5 Å². The predicted octanol–water partition coefficient (Wildman–Crippen LogP) is 5.28. The Labute approximate surface area is 176 Å². The van der Waals surface area contributed by atoms with Gasteiger partial charge in [0.15, 0.2) is 6.61 Å². The van der Waals surface area contributed by atoms with Crippen LogP contribution in [0.25, 0.3) is 0 Å². The molecule has 1 amide bonds. The summed E-state index contributed by atoms with van der Waals surface area (Å²) in [6, 6.07) is 8.70. The topological polar surface area (TPSA) is 58.6 Å². The van der Waals surface area contributed by atoms with Crippen molar-refractivity contribution in [1.82, 2.24) is 5.32 Å². The fourth-order valence-corrected chi connectivity index (χ4v) is 3.57. The number of benzene rings is 2. The minimum atomic E-state index is -2.61. The van der Waals surface area contributed by atoms with Gasteiger partial charge in [-0.05, 0) is 40.8 Å². The molecule has 28 heavy (non-hydrogen) atoms. The van der Waals surface area contributed by atoms with Crippen LogP contribution < -0.4 is 10.1 Å². The lowest BCUT2D eigenvalue weighted by Crippen LogP contribution is -2.32. The molecule has 0 saturated carbocycles. The summed E-state index contributed by atoms with van der Waals surface area (Å²) in [4.78, 5) is 11.5. The first-order chi connectivity index (χ1) is 13.2. The minimum Gasteiger partial charge on any atom is -0.508 e. The molecule has 0 aliphatic heterocycles. The molecule has 0 radical (unpaired) electrons. The van der Waals surface area contributed by atoms with Gasteiger partial charge in [0, 0.05) is 15.9 Å². The SMILES string of the molecule is CC(C)c1cc(Cc2c(Cl)cc(OCC(=O)NCC(F)F)cc2Br)ccc1O. The molecule has 0 aliphatic carbocycles. The third-order valence-corrected chi connectivity index (χ3v) is 5.08. The fraction of sp³-hybridized carbons (Fsp3) is 0.350. The van der Waals surface area contributed by atoms with Crippen molar-refractivity contribution in [3.8, 4) is 11.5 Å². The van der Waals surface area contributed by atoms with Crippen LogP contribution in [0.4, 0.5) is 8.78 Å². The number of alkyl halides is 2. The molecule has 2 rings (SSSR count). The van der Waals surface area contributed by atoms with E-state index < -0.39 is 18.9 Å². The maximum Gasteiger partial charge on any atom is 0.258 e. The van der Waals surface area contributed by atoms with E-state index in [-0.39, 0.29) is 18.3 Å². The summed E-state index contributed by atoms with van der Waals surface area (Å²) in [6.07, 6.45) is -2.07. The van der Waals surface area contributed by atoms with E-state index in [9.17, 15) is 18.7 Å². The summed E-state index contributed by atoms with van der Waals surface area (Å²) >= 11 is 9.84. The van der Waals surface area contributed by atoms with Gasteiger partial charge in [0.2, 0.25) is 0 Å². The van der Waals surface area contributed by atoms with Gasteiger partial charge in [-0.3, -0.25) is 4.79 Å². The molecule has 0 unspecified atom stereocenters. The van der Waals surface area contributed by atoms with Crippen LogP contribution in [-0.4, -0.2) is 30.6 Å². The zero-order valence-corrected chi connectivity index (χ0v) is 17.8. The highest BCUT2D eigenvalue weighted by molar-refractivity contribution is 9.10. The Morgan fingerprint density at radius 1 is 1.29 bits per heavy atom. The lowest BCUT2D eigenvalue weighted by atomic mass is 9.96. The number of rotatable bonds is 8. The molecule has 152 valence electrons. The number of carbonyl (C=O) groups is 1. The van der Waals surface area contributed by atoms with Crippen molar-refractivity contribution in [2.45, 2.75) is 32.6 Å². The maximum atomic E-state index is 12.1. The average molecular weight is 477 g/mol. The van der Waals surface area contributed by atoms with Crippen LogP contribution >= 0.6 is 27.5 Å². The Balaban J connectivity index is 2.10. The van der Waals surface area contributed by atoms with Crippen molar-refractivity contribution in [3.63, 3.8) is 0 Å². The summed E-state index contributed by atoms with van der Waals surface area (Å²) < 4.78 is 30.2. The minimum absolute atomic E-state index is 0.186. The predicted molar refractivity (Wildman–Crippen MR) is 109 cm³/mol. The van der Waals surface area contributed by atoms with E-state index in [0.29, 0.717) is 21.7 Å². The van der Waals surface area contributed by atoms with Crippen molar-refractivity contribution in [2.24, 2.45) is 0 Å². The van der Waals surface area contributed by atoms with Crippen molar-refractivity contribution >= 4 is 33.4 Å². The maximum absolute atomic E-state index is 12.1. The zero-order valence-electron chi connectivity index (χ0n) is 15.4. The van der Waals surface area contributed by atoms with Crippen molar-refractivity contribution in [2.75, 3.05) is 13.2 Å². The van der Waals surface area contributed by atoms with E-state index in [1.54, 1.807) is 18.2 Å². The first-order valence-corrected chi connectivity index (χ1v) is 9.81. The van der Waals surface area contributed by atoms with Gasteiger partial charge in [0.05, 0.1) is 6.54 Å². The van der Waals surface area contributed by atoms with Crippen molar-refractivity contribution < 1.29 is 23.4 Å². The van der Waals surface area contributed by atoms with Crippen molar-refractivity contribution in [3.05, 3.63) is 56.5 Å². The molecule has 0 fully saturated rings. The summed E-state index contributed by atoms with van der Waals surface area (Å²) in [6.45, 7) is 2.91. The van der Waals surface area contributed by atoms with Gasteiger partial charge in [-0.1, -0.05) is 53.5 Å². The van der Waals surface area contributed by atoms with Crippen LogP contribution in [-0.2, 0) is 11.2 Å². The lowest BCUT2D eigenvalue weighted by molar-refractivity contribution is -0.123. The van der Waals surface area contributed by atoms with Gasteiger partial charge in [-0.2, -0.15) is 0 Å². The quantitative estimate of drug-likeness (QED) is 0.545. The number of nitrogens with one attached hydrogen (secondary N) is 1. The van der Waals surface area contributed by atoms with Gasteiger partial charge >= 0.3 is 0 Å². The number of halogens is 4. The Hall–Kier alpha value is -1.86. The molecule has 0 saturated heterocycles. The molecule has 2 aromatic rings. The monoisotopic (exact) mass is 475 g/mol. The number of phenols is 1. The van der Waals surface area contributed by atoms with Crippen LogP contribution in [0.3, 0.4) is 0 Å². The van der Waals surface area contributed by atoms with Gasteiger partial charge < -0.3 is 15.2 Å². The third kappa shape index (κ3) is 6.34. The Morgan fingerprint density at radius 3 is 2.61 bits per heavy atom. The van der Waals surface area contributed by atoms with E-state index >= 15 is 0 Å². The normalized spacial score (nSPS) is 11.1. The number of phenolic OH excluding ortho intramolecular Hbond substituents is 1. The molecule has 0 heterocycles. The second-order valence-corrected chi connectivity index (χ2v) is 7.84. The summed E-state index contributed by atoms with van der Waals surface area (Å²) in [5, 5.41) is 12.5. The number of amides is 1. The molecule has 0 aliphatic rings. The summed E-state index contributed by atoms with van der Waals surface area (Å²) in [7, 11) is 0. The first kappa shape index (κ1) is 22.4. The molecule has 0 bridgehead atoms. The molecule has 8 heteroatoms. The van der Waals surface area contributed by atoms with Crippen LogP contribution in [0, 0.1) is 0 Å². The second-order valence-electron chi connectivity index (χ2n) is 6.57. The molecule has 2 N–H and O–H groups in total. The number of hydrogen-bond acceptors (Lipinski definition) is 3. The van der Waals surface area contributed by atoms with Gasteiger partial charge in [-0.25, -0.2) is 8.78 Å². The van der Waals surface area contributed by atoms with Crippen LogP contribution in [0.2, 0.25) is 5.02 Å². The Morgan fingerprint density at radius 2 is 2.00 bits per heavy atom.